The van der Waals surface area contributed by atoms with E-state index in [0.29, 0.717) is 22.7 Å². The van der Waals surface area contributed by atoms with Crippen LogP contribution in [0.2, 0.25) is 0 Å². The van der Waals surface area contributed by atoms with E-state index in [1.807, 2.05) is 0 Å². The predicted molar refractivity (Wildman–Crippen MR) is 103 cm³/mol. The number of benzene rings is 2. The number of rotatable bonds is 6. The first-order valence-electron chi connectivity index (χ1n) is 8.50. The van der Waals surface area contributed by atoms with Gasteiger partial charge in [-0.2, -0.15) is 0 Å². The lowest BCUT2D eigenvalue weighted by Crippen LogP contribution is -2.23. The van der Waals surface area contributed by atoms with Crippen LogP contribution in [0.15, 0.2) is 36.4 Å². The standard InChI is InChI=1S/C20H20FN3O4/c1-11(25)23-17-8-13(9-18(27-2)19(17)28-3)20(26)22-10-15-7-12-6-14(21)4-5-16(12)24-15/h4-9,24H,10H2,1-3H3,(H,22,26)(H,23,25). The molecule has 1 aromatic heterocycles. The van der Waals surface area contributed by atoms with Crippen molar-refractivity contribution < 1.29 is 23.5 Å². The van der Waals surface area contributed by atoms with Crippen molar-refractivity contribution in [3.8, 4) is 11.5 Å². The van der Waals surface area contributed by atoms with E-state index in [1.165, 1.54) is 45.4 Å². The fourth-order valence-electron chi connectivity index (χ4n) is 2.91. The monoisotopic (exact) mass is 385 g/mol. The van der Waals surface area contributed by atoms with Crippen LogP contribution in [0.25, 0.3) is 10.9 Å². The molecule has 0 fully saturated rings. The minimum absolute atomic E-state index is 0.221. The summed E-state index contributed by atoms with van der Waals surface area (Å²) in [5.41, 5.74) is 2.14. The zero-order valence-corrected chi connectivity index (χ0v) is 15.7. The van der Waals surface area contributed by atoms with Gasteiger partial charge in [0.05, 0.1) is 26.5 Å². The third kappa shape index (κ3) is 4.06. The Morgan fingerprint density at radius 1 is 1.11 bits per heavy atom. The molecule has 3 N–H and O–H groups in total. The normalized spacial score (nSPS) is 10.6. The average molecular weight is 385 g/mol. The van der Waals surface area contributed by atoms with E-state index in [4.69, 9.17) is 9.47 Å². The minimum atomic E-state index is -0.364. The fourth-order valence-corrected chi connectivity index (χ4v) is 2.91. The van der Waals surface area contributed by atoms with E-state index in [-0.39, 0.29) is 24.2 Å². The summed E-state index contributed by atoms with van der Waals surface area (Å²) >= 11 is 0. The van der Waals surface area contributed by atoms with Crippen LogP contribution in [-0.4, -0.2) is 31.0 Å². The summed E-state index contributed by atoms with van der Waals surface area (Å²) in [6.45, 7) is 1.58. The van der Waals surface area contributed by atoms with Crippen molar-refractivity contribution >= 4 is 28.4 Å². The summed E-state index contributed by atoms with van der Waals surface area (Å²) in [7, 11) is 2.89. The summed E-state index contributed by atoms with van der Waals surface area (Å²) in [6.07, 6.45) is 0. The molecule has 3 rings (SSSR count). The molecular formula is C20H20FN3O4. The quantitative estimate of drug-likeness (QED) is 0.608. The van der Waals surface area contributed by atoms with Crippen LogP contribution in [-0.2, 0) is 11.3 Å². The highest BCUT2D eigenvalue weighted by molar-refractivity contribution is 5.99. The molecule has 2 aromatic carbocycles. The van der Waals surface area contributed by atoms with Gasteiger partial charge >= 0.3 is 0 Å². The van der Waals surface area contributed by atoms with E-state index in [0.717, 1.165) is 16.6 Å². The van der Waals surface area contributed by atoms with E-state index in [1.54, 1.807) is 12.1 Å². The van der Waals surface area contributed by atoms with Gasteiger partial charge in [0.1, 0.15) is 5.82 Å². The van der Waals surface area contributed by atoms with E-state index < -0.39 is 0 Å². The first-order valence-corrected chi connectivity index (χ1v) is 8.50. The SMILES string of the molecule is COc1cc(C(=O)NCc2cc3cc(F)ccc3[nH]2)cc(NC(C)=O)c1OC. The highest BCUT2D eigenvalue weighted by atomic mass is 19.1. The van der Waals surface area contributed by atoms with Crippen molar-refractivity contribution in [2.75, 3.05) is 19.5 Å². The topological polar surface area (TPSA) is 92.5 Å². The van der Waals surface area contributed by atoms with Crippen molar-refractivity contribution in [3.63, 3.8) is 0 Å². The Bertz CT molecular complexity index is 1050. The van der Waals surface area contributed by atoms with Crippen LogP contribution in [0.3, 0.4) is 0 Å². The van der Waals surface area contributed by atoms with E-state index >= 15 is 0 Å². The molecule has 0 spiro atoms. The second kappa shape index (κ2) is 7.99. The van der Waals surface area contributed by atoms with Crippen LogP contribution in [0.5, 0.6) is 11.5 Å². The number of methoxy groups -OCH3 is 2. The van der Waals surface area contributed by atoms with Crippen LogP contribution in [0.1, 0.15) is 23.0 Å². The molecule has 0 radical (unpaired) electrons. The van der Waals surface area contributed by atoms with Gasteiger partial charge in [-0.15, -0.1) is 0 Å². The molecule has 0 bridgehead atoms. The molecule has 8 heteroatoms. The van der Waals surface area contributed by atoms with Gasteiger partial charge in [0.25, 0.3) is 5.91 Å². The van der Waals surface area contributed by atoms with Gasteiger partial charge in [-0.3, -0.25) is 9.59 Å². The van der Waals surface area contributed by atoms with Gasteiger partial charge in [-0.1, -0.05) is 0 Å². The Morgan fingerprint density at radius 3 is 2.57 bits per heavy atom. The zero-order valence-electron chi connectivity index (χ0n) is 15.7. The second-order valence-electron chi connectivity index (χ2n) is 6.15. The third-order valence-electron chi connectivity index (χ3n) is 4.13. The number of nitrogens with one attached hydrogen (secondary N) is 3. The zero-order chi connectivity index (χ0) is 20.3. The minimum Gasteiger partial charge on any atom is -0.493 e. The van der Waals surface area contributed by atoms with Gasteiger partial charge < -0.3 is 25.1 Å². The Balaban J connectivity index is 1.81. The average Bonchev–Trinajstić information content (AvgIpc) is 3.06. The lowest BCUT2D eigenvalue weighted by atomic mass is 10.1. The van der Waals surface area contributed by atoms with Crippen molar-refractivity contribution in [3.05, 3.63) is 53.5 Å². The van der Waals surface area contributed by atoms with Crippen molar-refractivity contribution in [2.24, 2.45) is 0 Å². The van der Waals surface area contributed by atoms with Crippen LogP contribution >= 0.6 is 0 Å². The summed E-state index contributed by atoms with van der Waals surface area (Å²) < 4.78 is 23.8. The molecule has 0 atom stereocenters. The molecule has 7 nitrogen and oxygen atoms in total. The molecular weight excluding hydrogens is 365 g/mol. The molecule has 0 aliphatic rings. The first kappa shape index (κ1) is 19.2. The number of hydrogen-bond donors (Lipinski definition) is 3. The van der Waals surface area contributed by atoms with Gasteiger partial charge in [0, 0.05) is 29.1 Å². The molecule has 0 aliphatic carbocycles. The maximum atomic E-state index is 13.3. The molecule has 0 saturated heterocycles. The summed E-state index contributed by atoms with van der Waals surface area (Å²) in [5.74, 6) is -0.342. The van der Waals surface area contributed by atoms with E-state index in [9.17, 15) is 14.0 Å². The van der Waals surface area contributed by atoms with Crippen molar-refractivity contribution in [1.82, 2.24) is 10.3 Å². The van der Waals surface area contributed by atoms with Gasteiger partial charge in [0.15, 0.2) is 11.5 Å². The lowest BCUT2D eigenvalue weighted by molar-refractivity contribution is -0.114. The number of halogens is 1. The number of amides is 2. The van der Waals surface area contributed by atoms with Crippen LogP contribution in [0, 0.1) is 5.82 Å². The van der Waals surface area contributed by atoms with Gasteiger partial charge in [-0.25, -0.2) is 4.39 Å². The smallest absolute Gasteiger partial charge is 0.251 e. The summed E-state index contributed by atoms with van der Waals surface area (Å²) in [4.78, 5) is 27.2. The molecule has 0 unspecified atom stereocenters. The van der Waals surface area contributed by atoms with Crippen LogP contribution < -0.4 is 20.1 Å². The molecule has 0 saturated carbocycles. The second-order valence-corrected chi connectivity index (χ2v) is 6.15. The molecule has 1 heterocycles. The third-order valence-corrected chi connectivity index (χ3v) is 4.13. The molecule has 2 amide bonds. The first-order chi connectivity index (χ1) is 13.4. The number of hydrogen-bond acceptors (Lipinski definition) is 4. The summed E-state index contributed by atoms with van der Waals surface area (Å²) in [6, 6.07) is 9.25. The number of H-pyrrole nitrogens is 1. The number of ether oxygens (including phenoxy) is 2. The maximum Gasteiger partial charge on any atom is 0.251 e. The number of aromatic nitrogens is 1. The number of fused-ring (bicyclic) bond motifs is 1. The number of aromatic amines is 1. The maximum absolute atomic E-state index is 13.3. The summed E-state index contributed by atoms with van der Waals surface area (Å²) in [5, 5.41) is 6.14. The van der Waals surface area contributed by atoms with Crippen molar-refractivity contribution in [1.29, 1.82) is 0 Å². The van der Waals surface area contributed by atoms with E-state index in [2.05, 4.69) is 15.6 Å². The molecule has 146 valence electrons. The highest BCUT2D eigenvalue weighted by Gasteiger charge is 2.17. The van der Waals surface area contributed by atoms with Gasteiger partial charge in [0.2, 0.25) is 5.91 Å². The highest BCUT2D eigenvalue weighted by Crippen LogP contribution is 2.36. The number of carbonyl (C=O) groups excluding carboxylic acids is 2. The van der Waals surface area contributed by atoms with Crippen LogP contribution in [0.4, 0.5) is 10.1 Å². The Labute approximate surface area is 160 Å². The Morgan fingerprint density at radius 2 is 1.89 bits per heavy atom. The lowest BCUT2D eigenvalue weighted by Gasteiger charge is -2.15. The van der Waals surface area contributed by atoms with Crippen molar-refractivity contribution in [2.45, 2.75) is 13.5 Å². The molecule has 3 aromatic rings. The Kier molecular flexibility index (Phi) is 5.49. The number of anilines is 1. The Hall–Kier alpha value is -3.55. The fraction of sp³-hybridized carbons (Fsp3) is 0.200. The molecule has 0 aliphatic heterocycles. The predicted octanol–water partition coefficient (Wildman–Crippen LogP) is 3.21. The molecule has 28 heavy (non-hydrogen) atoms. The number of carbonyl (C=O) groups is 2. The largest absolute Gasteiger partial charge is 0.493 e. The van der Waals surface area contributed by atoms with Gasteiger partial charge in [-0.05, 0) is 36.4 Å².